The topological polar surface area (TPSA) is 63.3 Å². The van der Waals surface area contributed by atoms with Crippen molar-refractivity contribution in [1.29, 1.82) is 0 Å². The molecule has 0 fully saturated rings. The minimum Gasteiger partial charge on any atom is -0.481 e. The third-order valence-corrected chi connectivity index (χ3v) is 2.86. The molecule has 1 aromatic carbocycles. The monoisotopic (exact) mass is 205 g/mol. The molecule has 0 amide bonds. The number of hydrogen-bond acceptors (Lipinski definition) is 2. The molecule has 0 radical (unpaired) electrons. The van der Waals surface area contributed by atoms with Gasteiger partial charge in [0, 0.05) is 12.5 Å². The van der Waals surface area contributed by atoms with E-state index in [-0.39, 0.29) is 12.5 Å². The van der Waals surface area contributed by atoms with Gasteiger partial charge in [0.2, 0.25) is 0 Å². The number of rotatable bonds is 3. The predicted octanol–water partition coefficient (Wildman–Crippen LogP) is 1.13. The van der Waals surface area contributed by atoms with E-state index >= 15 is 0 Å². The van der Waals surface area contributed by atoms with Gasteiger partial charge in [0.15, 0.2) is 0 Å². The van der Waals surface area contributed by atoms with Crippen LogP contribution in [0.15, 0.2) is 18.2 Å². The molecule has 0 spiro atoms. The number of hydrogen-bond donors (Lipinski definition) is 2. The molecule has 3 heteroatoms. The highest BCUT2D eigenvalue weighted by Crippen LogP contribution is 2.22. The van der Waals surface area contributed by atoms with Crippen molar-refractivity contribution in [3.05, 3.63) is 34.9 Å². The second kappa shape index (κ2) is 4.03. The maximum atomic E-state index is 10.4. The Morgan fingerprint density at radius 2 is 2.13 bits per heavy atom. The molecule has 80 valence electrons. The first-order valence-electron chi connectivity index (χ1n) is 5.23. The van der Waals surface area contributed by atoms with Crippen LogP contribution in [0.1, 0.15) is 23.1 Å². The van der Waals surface area contributed by atoms with Gasteiger partial charge in [-0.15, -0.1) is 0 Å². The number of nitrogens with two attached hydrogens (primary N) is 1. The van der Waals surface area contributed by atoms with E-state index in [1.54, 1.807) is 0 Å². The SMILES string of the molecule is NC1Cc2ccc(CCC(=O)O)cc2C1. The van der Waals surface area contributed by atoms with Gasteiger partial charge >= 0.3 is 5.97 Å². The van der Waals surface area contributed by atoms with Crippen molar-refractivity contribution in [3.8, 4) is 0 Å². The molecule has 1 aliphatic carbocycles. The lowest BCUT2D eigenvalue weighted by Gasteiger charge is -2.02. The standard InChI is InChI=1S/C12H15NO2/c13-11-6-9-3-1-8(2-4-12(14)15)5-10(9)7-11/h1,3,5,11H,2,4,6-7,13H2,(H,14,15). The average molecular weight is 205 g/mol. The van der Waals surface area contributed by atoms with E-state index < -0.39 is 5.97 Å². The van der Waals surface area contributed by atoms with Crippen LogP contribution in [0.3, 0.4) is 0 Å². The van der Waals surface area contributed by atoms with Gasteiger partial charge in [0.25, 0.3) is 0 Å². The quantitative estimate of drug-likeness (QED) is 0.777. The van der Waals surface area contributed by atoms with Gasteiger partial charge in [-0.1, -0.05) is 18.2 Å². The highest BCUT2D eigenvalue weighted by Gasteiger charge is 2.17. The molecule has 0 bridgehead atoms. The summed E-state index contributed by atoms with van der Waals surface area (Å²) in [7, 11) is 0. The van der Waals surface area contributed by atoms with Crippen molar-refractivity contribution in [2.75, 3.05) is 0 Å². The third kappa shape index (κ3) is 2.36. The largest absolute Gasteiger partial charge is 0.481 e. The Hall–Kier alpha value is -1.35. The highest BCUT2D eigenvalue weighted by molar-refractivity contribution is 5.67. The molecular weight excluding hydrogens is 190 g/mol. The molecule has 1 unspecified atom stereocenters. The van der Waals surface area contributed by atoms with Crippen molar-refractivity contribution in [3.63, 3.8) is 0 Å². The summed E-state index contributed by atoms with van der Waals surface area (Å²) in [6.07, 6.45) is 2.69. The molecule has 0 aromatic heterocycles. The zero-order chi connectivity index (χ0) is 10.8. The molecule has 1 aliphatic rings. The van der Waals surface area contributed by atoms with Crippen LogP contribution in [-0.4, -0.2) is 17.1 Å². The van der Waals surface area contributed by atoms with Gasteiger partial charge < -0.3 is 10.8 Å². The van der Waals surface area contributed by atoms with E-state index in [1.807, 2.05) is 6.07 Å². The maximum absolute atomic E-state index is 10.4. The van der Waals surface area contributed by atoms with Crippen molar-refractivity contribution >= 4 is 5.97 Å². The fourth-order valence-electron chi connectivity index (χ4n) is 2.11. The smallest absolute Gasteiger partial charge is 0.303 e. The van der Waals surface area contributed by atoms with E-state index in [0.717, 1.165) is 18.4 Å². The first-order valence-corrected chi connectivity index (χ1v) is 5.23. The molecule has 0 heterocycles. The number of benzene rings is 1. The summed E-state index contributed by atoms with van der Waals surface area (Å²) < 4.78 is 0. The summed E-state index contributed by atoms with van der Waals surface area (Å²) in [5.74, 6) is -0.743. The predicted molar refractivity (Wildman–Crippen MR) is 57.8 cm³/mol. The number of aryl methyl sites for hydroxylation is 1. The summed E-state index contributed by atoms with van der Waals surface area (Å²) in [6.45, 7) is 0. The number of carboxylic acids is 1. The van der Waals surface area contributed by atoms with Crippen molar-refractivity contribution in [2.45, 2.75) is 31.7 Å². The summed E-state index contributed by atoms with van der Waals surface area (Å²) in [6, 6.07) is 6.44. The zero-order valence-corrected chi connectivity index (χ0v) is 8.57. The molecule has 3 nitrogen and oxygen atoms in total. The highest BCUT2D eigenvalue weighted by atomic mass is 16.4. The number of carboxylic acid groups (broad SMARTS) is 1. The molecule has 2 rings (SSSR count). The molecular formula is C12H15NO2. The zero-order valence-electron chi connectivity index (χ0n) is 8.57. The Balaban J connectivity index is 2.09. The van der Waals surface area contributed by atoms with Gasteiger partial charge in [-0.05, 0) is 36.0 Å². The van der Waals surface area contributed by atoms with E-state index in [1.165, 1.54) is 11.1 Å². The van der Waals surface area contributed by atoms with Crippen LogP contribution in [0.4, 0.5) is 0 Å². The van der Waals surface area contributed by atoms with Gasteiger partial charge in [-0.3, -0.25) is 4.79 Å². The fourth-order valence-corrected chi connectivity index (χ4v) is 2.11. The first kappa shape index (κ1) is 10.2. The third-order valence-electron chi connectivity index (χ3n) is 2.86. The molecule has 0 aliphatic heterocycles. The number of carbonyl (C=O) groups is 1. The maximum Gasteiger partial charge on any atom is 0.303 e. The Morgan fingerprint density at radius 1 is 1.40 bits per heavy atom. The first-order chi connectivity index (χ1) is 7.15. The normalized spacial score (nSPS) is 18.9. The summed E-state index contributed by atoms with van der Waals surface area (Å²) >= 11 is 0. The van der Waals surface area contributed by atoms with Crippen molar-refractivity contribution < 1.29 is 9.90 Å². The van der Waals surface area contributed by atoms with Crippen LogP contribution in [0, 0.1) is 0 Å². The van der Waals surface area contributed by atoms with E-state index in [4.69, 9.17) is 10.8 Å². The molecule has 15 heavy (non-hydrogen) atoms. The minimum absolute atomic E-state index is 0.199. The summed E-state index contributed by atoms with van der Waals surface area (Å²) in [5.41, 5.74) is 9.58. The lowest BCUT2D eigenvalue weighted by atomic mass is 10.0. The van der Waals surface area contributed by atoms with Crippen LogP contribution >= 0.6 is 0 Å². The molecule has 1 aromatic rings. The second-order valence-corrected chi connectivity index (χ2v) is 4.17. The van der Waals surface area contributed by atoms with Crippen LogP contribution in [0.2, 0.25) is 0 Å². The van der Waals surface area contributed by atoms with E-state index in [0.29, 0.717) is 6.42 Å². The van der Waals surface area contributed by atoms with Crippen LogP contribution in [0.25, 0.3) is 0 Å². The van der Waals surface area contributed by atoms with Gasteiger partial charge in [-0.2, -0.15) is 0 Å². The number of aliphatic carboxylic acids is 1. The van der Waals surface area contributed by atoms with Crippen molar-refractivity contribution in [2.24, 2.45) is 5.73 Å². The Bertz CT molecular complexity index is 387. The second-order valence-electron chi connectivity index (χ2n) is 4.17. The molecule has 1 atom stereocenters. The summed E-state index contributed by atoms with van der Waals surface area (Å²) in [4.78, 5) is 10.4. The average Bonchev–Trinajstić information content (AvgIpc) is 2.53. The van der Waals surface area contributed by atoms with E-state index in [2.05, 4.69) is 12.1 Å². The molecule has 3 N–H and O–H groups in total. The molecule has 0 saturated heterocycles. The van der Waals surface area contributed by atoms with Crippen LogP contribution in [-0.2, 0) is 24.1 Å². The Morgan fingerprint density at radius 3 is 2.87 bits per heavy atom. The lowest BCUT2D eigenvalue weighted by molar-refractivity contribution is -0.136. The molecule has 0 saturated carbocycles. The van der Waals surface area contributed by atoms with Gasteiger partial charge in [0.1, 0.15) is 0 Å². The van der Waals surface area contributed by atoms with Crippen molar-refractivity contribution in [1.82, 2.24) is 0 Å². The Labute approximate surface area is 88.9 Å². The van der Waals surface area contributed by atoms with Crippen LogP contribution in [0.5, 0.6) is 0 Å². The fraction of sp³-hybridized carbons (Fsp3) is 0.417. The van der Waals surface area contributed by atoms with E-state index in [9.17, 15) is 4.79 Å². The van der Waals surface area contributed by atoms with Crippen LogP contribution < -0.4 is 5.73 Å². The lowest BCUT2D eigenvalue weighted by Crippen LogP contribution is -2.18. The number of fused-ring (bicyclic) bond motifs is 1. The minimum atomic E-state index is -0.743. The van der Waals surface area contributed by atoms with Gasteiger partial charge in [0.05, 0.1) is 0 Å². The Kier molecular flexibility index (Phi) is 2.73. The van der Waals surface area contributed by atoms with Gasteiger partial charge in [-0.25, -0.2) is 0 Å². The summed E-state index contributed by atoms with van der Waals surface area (Å²) in [5, 5.41) is 8.59.